The number of aliphatic hydroxyl groups is 1. The van der Waals surface area contributed by atoms with Gasteiger partial charge in [-0.25, -0.2) is 0 Å². The van der Waals surface area contributed by atoms with E-state index in [1.165, 1.54) is 12.1 Å². The summed E-state index contributed by atoms with van der Waals surface area (Å²) in [6.45, 7) is 2.84. The number of hydrogen-bond donors (Lipinski definition) is 2. The van der Waals surface area contributed by atoms with Crippen LogP contribution >= 0.6 is 11.6 Å². The topological polar surface area (TPSA) is 60.8 Å². The van der Waals surface area contributed by atoms with Crippen molar-refractivity contribution in [2.75, 3.05) is 19.7 Å². The second-order valence-electron chi connectivity index (χ2n) is 4.38. The van der Waals surface area contributed by atoms with E-state index in [1.54, 1.807) is 11.0 Å². The minimum Gasteiger partial charge on any atom is -0.507 e. The van der Waals surface area contributed by atoms with Crippen LogP contribution < -0.4 is 0 Å². The predicted octanol–water partition coefficient (Wildman–Crippen LogP) is 2.67. The number of phenolic OH excluding ortho intramolecular Hbond substituents is 1. The summed E-state index contributed by atoms with van der Waals surface area (Å²) >= 11 is 5.74. The Labute approximate surface area is 118 Å². The van der Waals surface area contributed by atoms with Gasteiger partial charge in [-0.05, 0) is 24.6 Å². The molecule has 0 fully saturated rings. The summed E-state index contributed by atoms with van der Waals surface area (Å²) in [5.41, 5.74) is 0.217. The van der Waals surface area contributed by atoms with Gasteiger partial charge < -0.3 is 15.1 Å². The molecule has 1 amide bonds. The third kappa shape index (κ3) is 4.73. The van der Waals surface area contributed by atoms with Crippen LogP contribution in [0.1, 0.15) is 36.5 Å². The first-order valence-electron chi connectivity index (χ1n) is 6.48. The number of amides is 1. The number of halogens is 1. The highest BCUT2D eigenvalue weighted by atomic mass is 35.5. The zero-order chi connectivity index (χ0) is 14.3. The molecule has 0 bridgehead atoms. The number of unbranched alkanes of at least 4 members (excludes halogenated alkanes) is 2. The normalized spacial score (nSPS) is 10.5. The summed E-state index contributed by atoms with van der Waals surface area (Å²) in [6.07, 6.45) is 2.98. The van der Waals surface area contributed by atoms with Gasteiger partial charge in [0, 0.05) is 18.1 Å². The first-order valence-corrected chi connectivity index (χ1v) is 6.86. The van der Waals surface area contributed by atoms with Crippen LogP contribution in [0.4, 0.5) is 0 Å². The fourth-order valence-electron chi connectivity index (χ4n) is 1.84. The average molecular weight is 286 g/mol. The summed E-state index contributed by atoms with van der Waals surface area (Å²) in [6, 6.07) is 4.42. The molecule has 106 valence electrons. The molecule has 19 heavy (non-hydrogen) atoms. The molecular weight excluding hydrogens is 266 g/mol. The van der Waals surface area contributed by atoms with E-state index in [9.17, 15) is 9.90 Å². The molecule has 1 aromatic carbocycles. The van der Waals surface area contributed by atoms with Crippen molar-refractivity contribution in [3.05, 3.63) is 28.8 Å². The second-order valence-corrected chi connectivity index (χ2v) is 4.82. The van der Waals surface area contributed by atoms with Gasteiger partial charge in [-0.2, -0.15) is 0 Å². The molecule has 0 saturated carbocycles. The van der Waals surface area contributed by atoms with Crippen LogP contribution in [0.25, 0.3) is 0 Å². The lowest BCUT2D eigenvalue weighted by molar-refractivity contribution is 0.0715. The lowest BCUT2D eigenvalue weighted by Gasteiger charge is -2.22. The molecule has 0 aromatic heterocycles. The van der Waals surface area contributed by atoms with Crippen molar-refractivity contribution in [3.63, 3.8) is 0 Å². The number of phenols is 1. The zero-order valence-corrected chi connectivity index (χ0v) is 11.9. The van der Waals surface area contributed by atoms with E-state index in [0.29, 0.717) is 11.6 Å². The highest BCUT2D eigenvalue weighted by Gasteiger charge is 2.18. The van der Waals surface area contributed by atoms with Gasteiger partial charge in [0.05, 0.1) is 12.2 Å². The van der Waals surface area contributed by atoms with Gasteiger partial charge in [-0.3, -0.25) is 4.79 Å². The zero-order valence-electron chi connectivity index (χ0n) is 11.1. The van der Waals surface area contributed by atoms with Gasteiger partial charge >= 0.3 is 0 Å². The second kappa shape index (κ2) is 8.02. The molecule has 0 unspecified atom stereocenters. The summed E-state index contributed by atoms with van der Waals surface area (Å²) in [5.74, 6) is -0.407. The smallest absolute Gasteiger partial charge is 0.257 e. The Morgan fingerprint density at radius 3 is 2.63 bits per heavy atom. The number of rotatable bonds is 7. The van der Waals surface area contributed by atoms with Gasteiger partial charge in [-0.15, -0.1) is 0 Å². The molecule has 0 heterocycles. The van der Waals surface area contributed by atoms with E-state index in [2.05, 4.69) is 6.92 Å². The maximum Gasteiger partial charge on any atom is 0.257 e. The highest BCUT2D eigenvalue weighted by molar-refractivity contribution is 6.30. The average Bonchev–Trinajstić information content (AvgIpc) is 2.37. The SMILES string of the molecule is CCCCCN(CCO)C(=O)c1ccc(Cl)cc1O. The van der Waals surface area contributed by atoms with Crippen LogP contribution in [0.3, 0.4) is 0 Å². The third-order valence-corrected chi connectivity index (χ3v) is 3.11. The van der Waals surface area contributed by atoms with Crippen molar-refractivity contribution in [2.45, 2.75) is 26.2 Å². The molecular formula is C14H20ClNO3. The van der Waals surface area contributed by atoms with E-state index in [-0.39, 0.29) is 30.4 Å². The maximum absolute atomic E-state index is 12.3. The van der Waals surface area contributed by atoms with Crippen molar-refractivity contribution in [2.24, 2.45) is 0 Å². The van der Waals surface area contributed by atoms with Gasteiger partial charge in [0.15, 0.2) is 0 Å². The summed E-state index contributed by atoms with van der Waals surface area (Å²) in [5, 5.41) is 19.2. The minimum absolute atomic E-state index is 0.0911. The fraction of sp³-hybridized carbons (Fsp3) is 0.500. The first kappa shape index (κ1) is 15.8. The van der Waals surface area contributed by atoms with E-state index < -0.39 is 0 Å². The summed E-state index contributed by atoms with van der Waals surface area (Å²) in [4.78, 5) is 13.8. The van der Waals surface area contributed by atoms with Crippen molar-refractivity contribution in [3.8, 4) is 5.75 Å². The lowest BCUT2D eigenvalue weighted by Crippen LogP contribution is -2.34. The number of aliphatic hydroxyl groups excluding tert-OH is 1. The Morgan fingerprint density at radius 2 is 2.05 bits per heavy atom. The van der Waals surface area contributed by atoms with Crippen LogP contribution in [0, 0.1) is 0 Å². The highest BCUT2D eigenvalue weighted by Crippen LogP contribution is 2.23. The predicted molar refractivity (Wildman–Crippen MR) is 75.6 cm³/mol. The van der Waals surface area contributed by atoms with E-state index >= 15 is 0 Å². The molecule has 0 radical (unpaired) electrons. The Balaban J connectivity index is 2.79. The van der Waals surface area contributed by atoms with Crippen molar-refractivity contribution >= 4 is 17.5 Å². The largest absolute Gasteiger partial charge is 0.507 e. The van der Waals surface area contributed by atoms with Crippen molar-refractivity contribution < 1.29 is 15.0 Å². The van der Waals surface area contributed by atoms with Gasteiger partial charge in [-0.1, -0.05) is 31.4 Å². The van der Waals surface area contributed by atoms with Crippen LogP contribution in [-0.4, -0.2) is 40.7 Å². The quantitative estimate of drug-likeness (QED) is 0.757. The van der Waals surface area contributed by atoms with Gasteiger partial charge in [0.1, 0.15) is 5.75 Å². The monoisotopic (exact) mass is 285 g/mol. The van der Waals surface area contributed by atoms with E-state index in [1.807, 2.05) is 0 Å². The van der Waals surface area contributed by atoms with Crippen molar-refractivity contribution in [1.29, 1.82) is 0 Å². The van der Waals surface area contributed by atoms with Crippen LogP contribution in [-0.2, 0) is 0 Å². The van der Waals surface area contributed by atoms with Crippen molar-refractivity contribution in [1.82, 2.24) is 4.90 Å². The molecule has 0 atom stereocenters. The number of benzene rings is 1. The third-order valence-electron chi connectivity index (χ3n) is 2.88. The number of carbonyl (C=O) groups excluding carboxylic acids is 1. The molecule has 5 heteroatoms. The number of carbonyl (C=O) groups is 1. The standard InChI is InChI=1S/C14H20ClNO3/c1-2-3-4-7-16(8-9-17)14(19)12-6-5-11(15)10-13(12)18/h5-6,10,17-18H,2-4,7-9H2,1H3. The molecule has 0 aliphatic heterocycles. The number of nitrogens with zero attached hydrogens (tertiary/aromatic N) is 1. The lowest BCUT2D eigenvalue weighted by atomic mass is 10.1. The van der Waals surface area contributed by atoms with Gasteiger partial charge in [0.25, 0.3) is 5.91 Å². The van der Waals surface area contributed by atoms with E-state index in [0.717, 1.165) is 19.3 Å². The summed E-state index contributed by atoms with van der Waals surface area (Å²) < 4.78 is 0. The number of aromatic hydroxyl groups is 1. The molecule has 0 aliphatic carbocycles. The minimum atomic E-state index is -0.278. The van der Waals surface area contributed by atoms with E-state index in [4.69, 9.17) is 16.7 Å². The van der Waals surface area contributed by atoms with Crippen LogP contribution in [0.2, 0.25) is 5.02 Å². The molecule has 1 aromatic rings. The number of hydrogen-bond acceptors (Lipinski definition) is 3. The Morgan fingerprint density at radius 1 is 1.32 bits per heavy atom. The first-order chi connectivity index (χ1) is 9.10. The molecule has 0 spiro atoms. The molecule has 1 rings (SSSR count). The molecule has 0 aliphatic rings. The van der Waals surface area contributed by atoms with Crippen LogP contribution in [0.15, 0.2) is 18.2 Å². The Bertz CT molecular complexity index is 423. The molecule has 2 N–H and O–H groups in total. The fourth-order valence-corrected chi connectivity index (χ4v) is 2.01. The molecule has 0 saturated heterocycles. The summed E-state index contributed by atoms with van der Waals surface area (Å²) in [7, 11) is 0. The Hall–Kier alpha value is -1.26. The van der Waals surface area contributed by atoms with Crippen LogP contribution in [0.5, 0.6) is 5.75 Å². The maximum atomic E-state index is 12.3. The molecule has 4 nitrogen and oxygen atoms in total. The van der Waals surface area contributed by atoms with Gasteiger partial charge in [0.2, 0.25) is 0 Å². The Kier molecular flexibility index (Phi) is 6.67.